The van der Waals surface area contributed by atoms with E-state index in [1.165, 1.54) is 0 Å². The molecule has 1 N–H and O–H groups in total. The molecule has 0 aliphatic rings. The van der Waals surface area contributed by atoms with Gasteiger partial charge < -0.3 is 10.1 Å². The van der Waals surface area contributed by atoms with Crippen LogP contribution >= 0.6 is 0 Å². The number of pyridine rings is 1. The van der Waals surface area contributed by atoms with Gasteiger partial charge in [0, 0.05) is 24.4 Å². The average molecular weight is 304 g/mol. The molecule has 23 heavy (non-hydrogen) atoms. The normalized spacial score (nSPS) is 10.1. The fourth-order valence-corrected chi connectivity index (χ4v) is 2.12. The first-order valence-corrected chi connectivity index (χ1v) is 7.32. The van der Waals surface area contributed by atoms with E-state index in [4.69, 9.17) is 4.74 Å². The van der Waals surface area contributed by atoms with Gasteiger partial charge in [-0.2, -0.15) is 0 Å². The van der Waals surface area contributed by atoms with Crippen molar-refractivity contribution in [2.24, 2.45) is 0 Å². The number of nitrogens with zero attached hydrogens (tertiary/aromatic N) is 1. The highest BCUT2D eigenvalue weighted by atomic mass is 16.5. The summed E-state index contributed by atoms with van der Waals surface area (Å²) in [4.78, 5) is 16.2. The molecule has 0 aliphatic heterocycles. The maximum absolute atomic E-state index is 12.0. The van der Waals surface area contributed by atoms with E-state index in [0.29, 0.717) is 23.7 Å². The molecule has 4 heteroatoms. The van der Waals surface area contributed by atoms with Gasteiger partial charge in [-0.05, 0) is 35.9 Å². The number of aromatic nitrogens is 1. The molecule has 0 atom stereocenters. The van der Waals surface area contributed by atoms with Crippen molar-refractivity contribution in [2.45, 2.75) is 6.54 Å². The van der Waals surface area contributed by atoms with Gasteiger partial charge in [-0.3, -0.25) is 4.79 Å². The summed E-state index contributed by atoms with van der Waals surface area (Å²) in [5.74, 6) is 1.13. The number of hydrogen-bond acceptors (Lipinski definition) is 3. The second kappa shape index (κ2) is 7.22. The lowest BCUT2D eigenvalue weighted by Crippen LogP contribution is -2.22. The molecular formula is C19H16N2O2. The molecule has 3 rings (SSSR count). The number of nitrogens with one attached hydrogen (secondary N) is 1. The van der Waals surface area contributed by atoms with Crippen LogP contribution in [0.2, 0.25) is 0 Å². The van der Waals surface area contributed by atoms with Crippen molar-refractivity contribution >= 4 is 5.91 Å². The summed E-state index contributed by atoms with van der Waals surface area (Å²) in [5.41, 5.74) is 1.61. The number of amides is 1. The number of carbonyl (C=O) groups excluding carboxylic acids is 1. The fourth-order valence-electron chi connectivity index (χ4n) is 2.12. The van der Waals surface area contributed by atoms with E-state index < -0.39 is 0 Å². The molecule has 1 aromatic heterocycles. The molecule has 0 spiro atoms. The third-order valence-electron chi connectivity index (χ3n) is 3.25. The second-order valence-electron chi connectivity index (χ2n) is 4.97. The van der Waals surface area contributed by atoms with E-state index in [1.54, 1.807) is 24.4 Å². The number of ether oxygens (including phenoxy) is 1. The second-order valence-corrected chi connectivity index (χ2v) is 4.97. The van der Waals surface area contributed by atoms with Crippen molar-refractivity contribution in [2.75, 3.05) is 0 Å². The minimum Gasteiger partial charge on any atom is -0.439 e. The van der Waals surface area contributed by atoms with E-state index in [9.17, 15) is 4.79 Å². The Morgan fingerprint density at radius 2 is 1.78 bits per heavy atom. The zero-order valence-electron chi connectivity index (χ0n) is 12.5. The van der Waals surface area contributed by atoms with E-state index in [2.05, 4.69) is 10.3 Å². The monoisotopic (exact) mass is 304 g/mol. The Morgan fingerprint density at radius 1 is 0.957 bits per heavy atom. The average Bonchev–Trinajstić information content (AvgIpc) is 2.62. The van der Waals surface area contributed by atoms with Crippen LogP contribution in [0.15, 0.2) is 79.0 Å². The van der Waals surface area contributed by atoms with E-state index in [-0.39, 0.29) is 5.91 Å². The number of rotatable bonds is 5. The Kier molecular flexibility index (Phi) is 4.64. The third kappa shape index (κ3) is 4.17. The molecular weight excluding hydrogens is 288 g/mol. The smallest absolute Gasteiger partial charge is 0.251 e. The van der Waals surface area contributed by atoms with Gasteiger partial charge in [-0.25, -0.2) is 4.98 Å². The van der Waals surface area contributed by atoms with E-state index in [1.807, 2.05) is 54.6 Å². The van der Waals surface area contributed by atoms with Gasteiger partial charge in [0.1, 0.15) is 5.75 Å². The minimum atomic E-state index is -0.0957. The van der Waals surface area contributed by atoms with E-state index >= 15 is 0 Å². The topological polar surface area (TPSA) is 51.2 Å². The maximum Gasteiger partial charge on any atom is 0.251 e. The standard InChI is InChI=1S/C19H16N2O2/c22-19(16-8-2-1-3-9-16)21-14-15-7-6-10-17(13-15)23-18-11-4-5-12-20-18/h1-13H,14H2,(H,21,22). The largest absolute Gasteiger partial charge is 0.439 e. The molecule has 1 amide bonds. The summed E-state index contributed by atoms with van der Waals surface area (Å²) in [6.45, 7) is 0.438. The Morgan fingerprint density at radius 3 is 2.57 bits per heavy atom. The van der Waals surface area contributed by atoms with Crippen LogP contribution in [0.3, 0.4) is 0 Å². The summed E-state index contributed by atoms with van der Waals surface area (Å²) in [6, 6.07) is 22.2. The zero-order chi connectivity index (χ0) is 15.9. The first-order valence-electron chi connectivity index (χ1n) is 7.32. The lowest BCUT2D eigenvalue weighted by atomic mass is 10.2. The van der Waals surface area contributed by atoms with Crippen molar-refractivity contribution in [1.82, 2.24) is 10.3 Å². The van der Waals surface area contributed by atoms with Crippen molar-refractivity contribution in [3.8, 4) is 11.6 Å². The molecule has 1 heterocycles. The highest BCUT2D eigenvalue weighted by molar-refractivity contribution is 5.94. The molecule has 2 aromatic carbocycles. The first-order chi connectivity index (χ1) is 11.3. The number of hydrogen-bond donors (Lipinski definition) is 1. The van der Waals surface area contributed by atoms with Crippen molar-refractivity contribution in [3.63, 3.8) is 0 Å². The molecule has 0 aliphatic carbocycles. The Bertz CT molecular complexity index is 774. The van der Waals surface area contributed by atoms with Crippen molar-refractivity contribution in [1.29, 1.82) is 0 Å². The van der Waals surface area contributed by atoms with Gasteiger partial charge in [-0.1, -0.05) is 36.4 Å². The summed E-state index contributed by atoms with van der Waals surface area (Å²) >= 11 is 0. The molecule has 4 nitrogen and oxygen atoms in total. The van der Waals surface area contributed by atoms with Crippen LogP contribution in [0.25, 0.3) is 0 Å². The predicted molar refractivity (Wildman–Crippen MR) is 88.4 cm³/mol. The lowest BCUT2D eigenvalue weighted by Gasteiger charge is -2.08. The van der Waals surface area contributed by atoms with Crippen LogP contribution in [0.4, 0.5) is 0 Å². The molecule has 0 unspecified atom stereocenters. The molecule has 0 radical (unpaired) electrons. The molecule has 0 fully saturated rings. The van der Waals surface area contributed by atoms with E-state index in [0.717, 1.165) is 5.56 Å². The molecule has 3 aromatic rings. The molecule has 0 saturated carbocycles. The van der Waals surface area contributed by atoms with Gasteiger partial charge in [-0.15, -0.1) is 0 Å². The molecule has 114 valence electrons. The minimum absolute atomic E-state index is 0.0957. The van der Waals surface area contributed by atoms with Gasteiger partial charge in [0.2, 0.25) is 5.88 Å². The van der Waals surface area contributed by atoms with Crippen LogP contribution in [0.1, 0.15) is 15.9 Å². The molecule has 0 bridgehead atoms. The van der Waals surface area contributed by atoms with Crippen LogP contribution in [0.5, 0.6) is 11.6 Å². The van der Waals surface area contributed by atoms with Gasteiger partial charge >= 0.3 is 0 Å². The maximum atomic E-state index is 12.0. The van der Waals surface area contributed by atoms with Gasteiger partial charge in [0.05, 0.1) is 0 Å². The first kappa shape index (κ1) is 14.8. The SMILES string of the molecule is O=C(NCc1cccc(Oc2ccccn2)c1)c1ccccc1. The van der Waals surface area contributed by atoms with Gasteiger partial charge in [0.25, 0.3) is 5.91 Å². The Labute approximate surface area is 134 Å². The van der Waals surface area contributed by atoms with Crippen LogP contribution in [-0.4, -0.2) is 10.9 Å². The van der Waals surface area contributed by atoms with Crippen LogP contribution in [-0.2, 0) is 6.54 Å². The predicted octanol–water partition coefficient (Wildman–Crippen LogP) is 3.80. The molecule has 0 saturated heterocycles. The number of benzene rings is 2. The Balaban J connectivity index is 1.63. The highest BCUT2D eigenvalue weighted by Gasteiger charge is 2.05. The quantitative estimate of drug-likeness (QED) is 0.780. The lowest BCUT2D eigenvalue weighted by molar-refractivity contribution is 0.0951. The number of carbonyl (C=O) groups is 1. The van der Waals surface area contributed by atoms with Crippen LogP contribution < -0.4 is 10.1 Å². The van der Waals surface area contributed by atoms with Crippen molar-refractivity contribution in [3.05, 3.63) is 90.1 Å². The summed E-state index contributed by atoms with van der Waals surface area (Å²) in [7, 11) is 0. The van der Waals surface area contributed by atoms with Gasteiger partial charge in [0.15, 0.2) is 0 Å². The summed E-state index contributed by atoms with van der Waals surface area (Å²) in [6.07, 6.45) is 1.68. The van der Waals surface area contributed by atoms with Crippen molar-refractivity contribution < 1.29 is 9.53 Å². The summed E-state index contributed by atoms with van der Waals surface area (Å²) in [5, 5.41) is 2.90. The third-order valence-corrected chi connectivity index (χ3v) is 3.25. The zero-order valence-corrected chi connectivity index (χ0v) is 12.5. The fraction of sp³-hybridized carbons (Fsp3) is 0.0526. The van der Waals surface area contributed by atoms with Crippen LogP contribution in [0, 0.1) is 0 Å². The Hall–Kier alpha value is -3.14. The highest BCUT2D eigenvalue weighted by Crippen LogP contribution is 2.19. The summed E-state index contributed by atoms with van der Waals surface area (Å²) < 4.78 is 5.69.